The van der Waals surface area contributed by atoms with Crippen LogP contribution in [0, 0.1) is 0 Å². The van der Waals surface area contributed by atoms with Gasteiger partial charge in [-0.05, 0) is 13.8 Å². The molecule has 1 N–H and O–H groups in total. The fourth-order valence-corrected chi connectivity index (χ4v) is 0.989. The average Bonchev–Trinajstić information content (AvgIpc) is 2.15. The van der Waals surface area contributed by atoms with E-state index in [2.05, 4.69) is 6.58 Å². The van der Waals surface area contributed by atoms with E-state index >= 15 is 0 Å². The van der Waals surface area contributed by atoms with E-state index in [4.69, 9.17) is 9.84 Å². The largest absolute Gasteiger partial charge is 0.477 e. The van der Waals surface area contributed by atoms with Crippen LogP contribution in [0.2, 0.25) is 0 Å². The molecule has 0 fully saturated rings. The van der Waals surface area contributed by atoms with Crippen molar-refractivity contribution < 1.29 is 23.9 Å². The van der Waals surface area contributed by atoms with Gasteiger partial charge in [0.1, 0.15) is 13.2 Å². The Morgan fingerprint density at radius 3 is 2.31 bits per heavy atom. The van der Waals surface area contributed by atoms with Gasteiger partial charge in [0.15, 0.2) is 6.04 Å². The van der Waals surface area contributed by atoms with Crippen molar-refractivity contribution in [3.63, 3.8) is 0 Å². The molecule has 0 amide bonds. The predicted octanol–water partition coefficient (Wildman–Crippen LogP) is 0.655. The number of carboxylic acids is 1. The van der Waals surface area contributed by atoms with E-state index in [-0.39, 0.29) is 11.1 Å². The van der Waals surface area contributed by atoms with Crippen LogP contribution in [-0.2, 0) is 14.3 Å². The first kappa shape index (κ1) is 14.6. The number of hydrogen-bond donors (Lipinski definition) is 1. The lowest BCUT2D eigenvalue weighted by molar-refractivity contribution is -0.904. The summed E-state index contributed by atoms with van der Waals surface area (Å²) in [6, 6.07) is -0.538. The maximum Gasteiger partial charge on any atom is 0.362 e. The molecule has 5 nitrogen and oxygen atoms in total. The molecular formula is C11H20NO4+. The number of nitrogens with zero attached hydrogens (tertiary/aromatic N) is 1. The van der Waals surface area contributed by atoms with Crippen LogP contribution in [0.25, 0.3) is 0 Å². The molecule has 0 spiro atoms. The van der Waals surface area contributed by atoms with E-state index in [1.165, 1.54) is 0 Å². The highest BCUT2D eigenvalue weighted by molar-refractivity contribution is 5.86. The molecule has 1 atom stereocenters. The van der Waals surface area contributed by atoms with Gasteiger partial charge < -0.3 is 14.3 Å². The lowest BCUT2D eigenvalue weighted by Crippen LogP contribution is -2.53. The number of carboxylic acid groups (broad SMARTS) is 1. The number of hydrogen-bond acceptors (Lipinski definition) is 3. The third kappa shape index (κ3) is 4.44. The third-order valence-electron chi connectivity index (χ3n) is 2.66. The van der Waals surface area contributed by atoms with Crippen molar-refractivity contribution in [3.8, 4) is 0 Å². The standard InChI is InChI=1S/C11H19NO4/c1-8(2)11(15)16-7-6-12(4,5)9(3)10(13)14/h9H,1,6-7H2,2-5H3/p+1. The van der Waals surface area contributed by atoms with Gasteiger partial charge in [0.25, 0.3) is 0 Å². The molecule has 0 aliphatic rings. The lowest BCUT2D eigenvalue weighted by atomic mass is 10.2. The van der Waals surface area contributed by atoms with Crippen molar-refractivity contribution in [2.45, 2.75) is 19.9 Å². The smallest absolute Gasteiger partial charge is 0.362 e. The normalized spacial score (nSPS) is 13.0. The Balaban J connectivity index is 4.15. The minimum atomic E-state index is -0.865. The van der Waals surface area contributed by atoms with Crippen LogP contribution in [0.15, 0.2) is 12.2 Å². The van der Waals surface area contributed by atoms with Crippen molar-refractivity contribution in [1.29, 1.82) is 0 Å². The van der Waals surface area contributed by atoms with Gasteiger partial charge in [0, 0.05) is 5.57 Å². The minimum Gasteiger partial charge on any atom is -0.477 e. The second kappa shape index (κ2) is 5.65. The molecule has 16 heavy (non-hydrogen) atoms. The van der Waals surface area contributed by atoms with Gasteiger partial charge in [0.05, 0.1) is 14.1 Å². The molecule has 0 rings (SSSR count). The summed E-state index contributed by atoms with van der Waals surface area (Å²) >= 11 is 0. The van der Waals surface area contributed by atoms with Crippen molar-refractivity contribution in [2.75, 3.05) is 27.2 Å². The van der Waals surface area contributed by atoms with Crippen LogP contribution in [0.5, 0.6) is 0 Å². The third-order valence-corrected chi connectivity index (χ3v) is 2.66. The molecule has 0 saturated carbocycles. The molecule has 0 bridgehead atoms. The summed E-state index contributed by atoms with van der Waals surface area (Å²) in [7, 11) is 3.57. The molecule has 0 aromatic carbocycles. The number of esters is 1. The van der Waals surface area contributed by atoms with E-state index in [9.17, 15) is 9.59 Å². The van der Waals surface area contributed by atoms with E-state index in [0.717, 1.165) is 0 Å². The Morgan fingerprint density at radius 1 is 1.44 bits per heavy atom. The molecular weight excluding hydrogens is 210 g/mol. The van der Waals surface area contributed by atoms with E-state index in [1.807, 2.05) is 0 Å². The van der Waals surface area contributed by atoms with E-state index in [0.29, 0.717) is 12.1 Å². The summed E-state index contributed by atoms with van der Waals surface area (Å²) in [4.78, 5) is 21.9. The van der Waals surface area contributed by atoms with Gasteiger partial charge in [-0.1, -0.05) is 6.58 Å². The molecule has 0 aromatic rings. The molecule has 0 aromatic heterocycles. The highest BCUT2D eigenvalue weighted by Gasteiger charge is 2.30. The second-order valence-electron chi connectivity index (χ2n) is 4.43. The first-order valence-corrected chi connectivity index (χ1v) is 5.06. The number of rotatable bonds is 6. The number of carbonyl (C=O) groups is 2. The predicted molar refractivity (Wildman–Crippen MR) is 59.8 cm³/mol. The zero-order valence-corrected chi connectivity index (χ0v) is 10.3. The number of aliphatic carboxylic acids is 1. The first-order valence-electron chi connectivity index (χ1n) is 5.06. The van der Waals surface area contributed by atoms with Crippen molar-refractivity contribution >= 4 is 11.9 Å². The molecule has 0 radical (unpaired) electrons. The van der Waals surface area contributed by atoms with Crippen molar-refractivity contribution in [1.82, 2.24) is 0 Å². The highest BCUT2D eigenvalue weighted by Crippen LogP contribution is 2.06. The monoisotopic (exact) mass is 230 g/mol. The van der Waals surface area contributed by atoms with Crippen LogP contribution in [0.4, 0.5) is 0 Å². The Kier molecular flexibility index (Phi) is 5.17. The van der Waals surface area contributed by atoms with Gasteiger partial charge >= 0.3 is 11.9 Å². The van der Waals surface area contributed by atoms with Crippen molar-refractivity contribution in [3.05, 3.63) is 12.2 Å². The Bertz CT molecular complexity index is 296. The van der Waals surface area contributed by atoms with Gasteiger partial charge in [-0.25, -0.2) is 9.59 Å². The minimum absolute atomic E-state index is 0.191. The molecule has 92 valence electrons. The maximum atomic E-state index is 11.1. The number of carbonyl (C=O) groups excluding carboxylic acids is 1. The van der Waals surface area contributed by atoms with Crippen LogP contribution in [0.1, 0.15) is 13.8 Å². The molecule has 0 aliphatic carbocycles. The number of likely N-dealkylation sites (N-methyl/N-ethyl adjacent to an activating group) is 1. The van der Waals surface area contributed by atoms with Gasteiger partial charge in [-0.15, -0.1) is 0 Å². The topological polar surface area (TPSA) is 63.6 Å². The number of quaternary nitrogens is 1. The molecule has 1 unspecified atom stereocenters. The summed E-state index contributed by atoms with van der Waals surface area (Å²) in [5, 5.41) is 8.88. The van der Waals surface area contributed by atoms with Gasteiger partial charge in [-0.3, -0.25) is 0 Å². The fourth-order valence-electron chi connectivity index (χ4n) is 0.989. The molecule has 0 saturated heterocycles. The van der Waals surface area contributed by atoms with Crippen LogP contribution < -0.4 is 0 Å². The average molecular weight is 230 g/mol. The Hall–Kier alpha value is -1.36. The maximum absolute atomic E-state index is 11.1. The quantitative estimate of drug-likeness (QED) is 0.413. The fraction of sp³-hybridized carbons (Fsp3) is 0.636. The van der Waals surface area contributed by atoms with Crippen LogP contribution >= 0.6 is 0 Å². The summed E-state index contributed by atoms with van der Waals surface area (Å²) in [6.07, 6.45) is 0. The highest BCUT2D eigenvalue weighted by atomic mass is 16.5. The molecule has 0 heterocycles. The summed E-state index contributed by atoms with van der Waals surface area (Å²) in [5.41, 5.74) is 0.344. The number of ether oxygens (including phenoxy) is 1. The Morgan fingerprint density at radius 2 is 1.94 bits per heavy atom. The zero-order valence-electron chi connectivity index (χ0n) is 10.3. The van der Waals surface area contributed by atoms with Crippen LogP contribution in [0.3, 0.4) is 0 Å². The Labute approximate surface area is 95.9 Å². The van der Waals surface area contributed by atoms with Gasteiger partial charge in [0.2, 0.25) is 0 Å². The van der Waals surface area contributed by atoms with E-state index in [1.54, 1.807) is 27.9 Å². The van der Waals surface area contributed by atoms with Gasteiger partial charge in [-0.2, -0.15) is 0 Å². The first-order chi connectivity index (χ1) is 7.18. The summed E-state index contributed by atoms with van der Waals surface area (Å²) in [6.45, 7) is 7.30. The molecule has 5 heteroatoms. The van der Waals surface area contributed by atoms with E-state index < -0.39 is 18.0 Å². The second-order valence-corrected chi connectivity index (χ2v) is 4.43. The molecule has 0 aliphatic heterocycles. The summed E-state index contributed by atoms with van der Waals surface area (Å²) in [5.74, 6) is -1.31. The zero-order chi connectivity index (χ0) is 12.9. The summed E-state index contributed by atoms with van der Waals surface area (Å²) < 4.78 is 5.18. The SMILES string of the molecule is C=C(C)C(=O)OCC[N+](C)(C)C(C)C(=O)O. The van der Waals surface area contributed by atoms with Crippen molar-refractivity contribution in [2.24, 2.45) is 0 Å². The lowest BCUT2D eigenvalue weighted by Gasteiger charge is -2.33. The van der Waals surface area contributed by atoms with Crippen LogP contribution in [-0.4, -0.2) is 54.8 Å².